The molecule has 0 radical (unpaired) electrons. The zero-order valence-corrected chi connectivity index (χ0v) is 22.8. The second-order valence-corrected chi connectivity index (χ2v) is 8.19. The van der Waals surface area contributed by atoms with Crippen molar-refractivity contribution in [1.29, 1.82) is 0 Å². The average molecular weight is 520 g/mol. The van der Waals surface area contributed by atoms with Crippen LogP contribution in [0.5, 0.6) is 0 Å². The Morgan fingerprint density at radius 3 is 1.16 bits per heavy atom. The first-order chi connectivity index (χ1) is 13.6. The first-order valence-corrected chi connectivity index (χ1v) is 10.5. The Hall–Kier alpha value is -0.820. The van der Waals surface area contributed by atoms with E-state index in [2.05, 4.69) is 22.6 Å². The predicted octanol–water partition coefficient (Wildman–Crippen LogP) is -9.77. The van der Waals surface area contributed by atoms with E-state index in [1.54, 1.807) is 0 Å². The van der Waals surface area contributed by atoms with Crippen LogP contribution in [0.2, 0.25) is 0 Å². The molecule has 0 fully saturated rings. The number of aliphatic carboxylic acids is 2. The SMILES string of the molecule is C=CCOC(=O)C(CC(=O)[O-])S(=O)(=O)O.C=CCOC(=O)C(CC(=O)[O-])S(=O)(=O)O.[Na+].[Na+]. The van der Waals surface area contributed by atoms with Gasteiger partial charge in [0.1, 0.15) is 13.2 Å². The number of carboxylic acids is 2. The maximum absolute atomic E-state index is 11.0. The number of rotatable bonds is 12. The molecular weight excluding hydrogens is 502 g/mol. The molecule has 2 N–H and O–H groups in total. The predicted molar refractivity (Wildman–Crippen MR) is 92.2 cm³/mol. The summed E-state index contributed by atoms with van der Waals surface area (Å²) in [5, 5.41) is 15.9. The van der Waals surface area contributed by atoms with Crippen LogP contribution in [-0.4, -0.2) is 73.5 Å². The molecule has 0 saturated carbocycles. The topological polar surface area (TPSA) is 242 Å². The fraction of sp³-hybridized carbons (Fsp3) is 0.429. The van der Waals surface area contributed by atoms with Gasteiger partial charge in [0.05, 0.1) is 0 Å². The molecule has 0 spiro atoms. The van der Waals surface area contributed by atoms with Crippen molar-refractivity contribution in [2.24, 2.45) is 0 Å². The van der Waals surface area contributed by atoms with Crippen LogP contribution in [0.4, 0.5) is 0 Å². The Kier molecular flexibility index (Phi) is 22.3. The van der Waals surface area contributed by atoms with Gasteiger partial charge in [0.15, 0.2) is 10.5 Å². The van der Waals surface area contributed by atoms with Crippen LogP contribution in [0.15, 0.2) is 25.3 Å². The quantitative estimate of drug-likeness (QED) is 0.105. The minimum absolute atomic E-state index is 0. The van der Waals surface area contributed by atoms with Gasteiger partial charge in [-0.05, 0) is 0 Å². The van der Waals surface area contributed by atoms with Gasteiger partial charge in [-0.25, -0.2) is 0 Å². The Labute approximate surface area is 228 Å². The van der Waals surface area contributed by atoms with E-state index in [0.29, 0.717) is 0 Å². The van der Waals surface area contributed by atoms with E-state index in [1.165, 1.54) is 0 Å². The summed E-state index contributed by atoms with van der Waals surface area (Å²) in [5.74, 6) is -6.29. The molecule has 0 bridgehead atoms. The summed E-state index contributed by atoms with van der Waals surface area (Å²) >= 11 is 0. The number of esters is 2. The van der Waals surface area contributed by atoms with Gasteiger partial charge in [0, 0.05) is 24.8 Å². The fourth-order valence-corrected chi connectivity index (χ4v) is 2.71. The molecule has 0 heterocycles. The summed E-state index contributed by atoms with van der Waals surface area (Å²) in [7, 11) is -9.64. The molecule has 18 heteroatoms. The molecule has 0 aromatic carbocycles. The molecule has 0 aliphatic rings. The molecule has 32 heavy (non-hydrogen) atoms. The van der Waals surface area contributed by atoms with Gasteiger partial charge in [0.25, 0.3) is 20.2 Å². The molecule has 0 saturated heterocycles. The largest absolute Gasteiger partial charge is 1.00 e. The molecule has 14 nitrogen and oxygen atoms in total. The van der Waals surface area contributed by atoms with E-state index >= 15 is 0 Å². The minimum Gasteiger partial charge on any atom is -0.550 e. The van der Waals surface area contributed by atoms with E-state index in [1.807, 2.05) is 0 Å². The Morgan fingerprint density at radius 1 is 0.750 bits per heavy atom. The van der Waals surface area contributed by atoms with Crippen LogP contribution in [0, 0.1) is 0 Å². The molecular formula is C14H18Na2O14S2. The molecule has 0 aromatic rings. The van der Waals surface area contributed by atoms with Crippen LogP contribution in [0.3, 0.4) is 0 Å². The van der Waals surface area contributed by atoms with Crippen LogP contribution >= 0.6 is 0 Å². The molecule has 0 rings (SSSR count). The van der Waals surface area contributed by atoms with Gasteiger partial charge in [-0.2, -0.15) is 16.8 Å². The van der Waals surface area contributed by atoms with E-state index in [9.17, 15) is 46.2 Å². The van der Waals surface area contributed by atoms with Crippen molar-refractivity contribution in [2.45, 2.75) is 23.3 Å². The van der Waals surface area contributed by atoms with E-state index in [4.69, 9.17) is 9.11 Å². The second kappa shape index (κ2) is 18.6. The van der Waals surface area contributed by atoms with Crippen molar-refractivity contribution in [2.75, 3.05) is 13.2 Å². The van der Waals surface area contributed by atoms with Crippen LogP contribution in [0.1, 0.15) is 12.8 Å². The molecule has 0 amide bonds. The Morgan fingerprint density at radius 2 is 1.00 bits per heavy atom. The summed E-state index contributed by atoms with van der Waals surface area (Å²) in [4.78, 5) is 42.2. The van der Waals surface area contributed by atoms with Gasteiger partial charge >= 0.3 is 71.1 Å². The van der Waals surface area contributed by atoms with Crippen molar-refractivity contribution >= 4 is 44.1 Å². The summed E-state index contributed by atoms with van der Waals surface area (Å²) in [5.41, 5.74) is 0. The summed E-state index contributed by atoms with van der Waals surface area (Å²) in [6.45, 7) is 5.83. The number of carboxylic acid groups (broad SMARTS) is 2. The average Bonchev–Trinajstić information content (AvgIpc) is 2.58. The third-order valence-electron chi connectivity index (χ3n) is 2.64. The van der Waals surface area contributed by atoms with Crippen LogP contribution < -0.4 is 69.3 Å². The second-order valence-electron chi connectivity index (χ2n) is 5.00. The molecule has 0 aliphatic carbocycles. The van der Waals surface area contributed by atoms with Crippen molar-refractivity contribution < 1.29 is 124 Å². The third-order valence-corrected chi connectivity index (χ3v) is 4.79. The van der Waals surface area contributed by atoms with Gasteiger partial charge < -0.3 is 29.3 Å². The molecule has 0 aliphatic heterocycles. The Balaban J connectivity index is -0.000000231. The van der Waals surface area contributed by atoms with E-state index in [0.717, 1.165) is 12.2 Å². The molecule has 2 atom stereocenters. The molecule has 2 unspecified atom stereocenters. The Bertz CT molecular complexity index is 794. The molecule has 0 aromatic heterocycles. The van der Waals surface area contributed by atoms with Crippen molar-refractivity contribution in [3.05, 3.63) is 25.3 Å². The van der Waals surface area contributed by atoms with Crippen molar-refractivity contribution in [3.63, 3.8) is 0 Å². The van der Waals surface area contributed by atoms with Crippen molar-refractivity contribution in [1.82, 2.24) is 0 Å². The van der Waals surface area contributed by atoms with Gasteiger partial charge in [-0.1, -0.05) is 25.3 Å². The maximum Gasteiger partial charge on any atom is 1.00 e. The van der Waals surface area contributed by atoms with Gasteiger partial charge in [-0.3, -0.25) is 18.7 Å². The number of carbonyl (C=O) groups is 4. The van der Waals surface area contributed by atoms with Crippen LogP contribution in [-0.2, 0) is 48.9 Å². The smallest absolute Gasteiger partial charge is 0.550 e. The maximum atomic E-state index is 11.0. The van der Waals surface area contributed by atoms with Crippen LogP contribution in [0.25, 0.3) is 0 Å². The number of ether oxygens (including phenoxy) is 2. The number of carbonyl (C=O) groups excluding carboxylic acids is 4. The first-order valence-electron chi connectivity index (χ1n) is 7.45. The van der Waals surface area contributed by atoms with Gasteiger partial charge in [0.2, 0.25) is 0 Å². The first kappa shape index (κ1) is 38.4. The number of hydrogen-bond acceptors (Lipinski definition) is 12. The van der Waals surface area contributed by atoms with E-state index < -0.39 is 67.5 Å². The summed E-state index contributed by atoms with van der Waals surface area (Å²) in [6.07, 6.45) is 0.0135. The summed E-state index contributed by atoms with van der Waals surface area (Å²) in [6, 6.07) is 0. The standard InChI is InChI=1S/2C7H10O7S.2Na/c2*1-2-3-14-7(10)5(4-6(8)9)15(11,12)13;;/h2*2,5H,1,3-4H2,(H,8,9)(H,11,12,13);;/q;;2*+1/p-2. The van der Waals surface area contributed by atoms with Gasteiger partial charge in [-0.15, -0.1) is 0 Å². The number of hydrogen-bond donors (Lipinski definition) is 2. The minimum atomic E-state index is -4.82. The zero-order chi connectivity index (χ0) is 24.1. The third kappa shape index (κ3) is 18.7. The monoisotopic (exact) mass is 520 g/mol. The van der Waals surface area contributed by atoms with E-state index in [-0.39, 0.29) is 72.3 Å². The summed E-state index contributed by atoms with van der Waals surface area (Å²) < 4.78 is 68.1. The fourth-order valence-electron chi connectivity index (χ4n) is 1.39. The van der Waals surface area contributed by atoms with Crippen molar-refractivity contribution in [3.8, 4) is 0 Å². The zero-order valence-electron chi connectivity index (χ0n) is 17.2. The molecule has 172 valence electrons. The normalized spacial score (nSPS) is 12.1.